The maximum absolute atomic E-state index is 6.00. The lowest BCUT2D eigenvalue weighted by atomic mass is 10.0. The molecule has 0 bridgehead atoms. The lowest BCUT2D eigenvalue weighted by molar-refractivity contribution is 0.342. The van der Waals surface area contributed by atoms with Crippen molar-refractivity contribution in [3.63, 3.8) is 0 Å². The van der Waals surface area contributed by atoms with Crippen LogP contribution >= 0.6 is 0 Å². The second kappa shape index (κ2) is 6.80. The Hall–Kier alpha value is -1.22. The summed E-state index contributed by atoms with van der Waals surface area (Å²) >= 11 is 0. The largest absolute Gasteiger partial charge is 0.492 e. The van der Waals surface area contributed by atoms with Gasteiger partial charge in [0.1, 0.15) is 5.75 Å². The molecule has 2 rings (SSSR count). The normalized spacial score (nSPS) is 17.6. The molecule has 3 heteroatoms. The van der Waals surface area contributed by atoms with E-state index in [1.165, 1.54) is 31.2 Å². The summed E-state index contributed by atoms with van der Waals surface area (Å²) in [5, 5.41) is 3.71. The minimum atomic E-state index is 0.500. The second-order valence-corrected chi connectivity index (χ2v) is 5.56. The van der Waals surface area contributed by atoms with Gasteiger partial charge in [-0.25, -0.2) is 0 Å². The van der Waals surface area contributed by atoms with E-state index in [0.29, 0.717) is 12.6 Å². The van der Waals surface area contributed by atoms with Gasteiger partial charge in [-0.05, 0) is 50.8 Å². The molecule has 0 aromatic heterocycles. The number of hydrogen-bond donors (Lipinski definition) is 2. The Labute approximate surface area is 116 Å². The molecule has 19 heavy (non-hydrogen) atoms. The number of anilines is 1. The molecule has 1 aromatic carbocycles. The van der Waals surface area contributed by atoms with Gasteiger partial charge in [-0.3, -0.25) is 0 Å². The number of nitrogens with two attached hydrogens (primary N) is 1. The van der Waals surface area contributed by atoms with Gasteiger partial charge in [-0.2, -0.15) is 0 Å². The maximum Gasteiger partial charge on any atom is 0.142 e. The fraction of sp³-hybridized carbons (Fsp3) is 0.625. The summed E-state index contributed by atoms with van der Waals surface area (Å²) in [5.74, 6) is 0.794. The Morgan fingerprint density at radius 1 is 1.37 bits per heavy atom. The summed E-state index contributed by atoms with van der Waals surface area (Å²) in [7, 11) is 0. The molecular weight excluding hydrogens is 236 g/mol. The monoisotopic (exact) mass is 262 g/mol. The summed E-state index contributed by atoms with van der Waals surface area (Å²) in [4.78, 5) is 0. The van der Waals surface area contributed by atoms with Gasteiger partial charge >= 0.3 is 0 Å². The number of ether oxygens (including phenoxy) is 1. The van der Waals surface area contributed by atoms with Crippen LogP contribution in [0.5, 0.6) is 5.75 Å². The van der Waals surface area contributed by atoms with Gasteiger partial charge in [-0.1, -0.05) is 18.9 Å². The average Bonchev–Trinajstić information content (AvgIpc) is 2.85. The molecule has 0 aliphatic heterocycles. The van der Waals surface area contributed by atoms with E-state index >= 15 is 0 Å². The van der Waals surface area contributed by atoms with Gasteiger partial charge in [-0.15, -0.1) is 0 Å². The van der Waals surface area contributed by atoms with Crippen molar-refractivity contribution in [2.75, 3.05) is 12.3 Å². The van der Waals surface area contributed by atoms with Gasteiger partial charge in [0.15, 0.2) is 0 Å². The fourth-order valence-corrected chi connectivity index (χ4v) is 2.92. The summed E-state index contributed by atoms with van der Waals surface area (Å²) in [6.45, 7) is 4.88. The van der Waals surface area contributed by atoms with E-state index < -0.39 is 0 Å². The zero-order valence-electron chi connectivity index (χ0n) is 12.1. The fourth-order valence-electron chi connectivity index (χ4n) is 2.92. The summed E-state index contributed by atoms with van der Waals surface area (Å²) in [5.41, 5.74) is 8.02. The SMILES string of the molecule is CCOc1ccc(CC(C)NC2CCCC2)cc1N. The van der Waals surface area contributed by atoms with E-state index in [0.717, 1.165) is 23.9 Å². The van der Waals surface area contributed by atoms with Gasteiger partial charge in [0, 0.05) is 12.1 Å². The predicted octanol–water partition coefficient (Wildman–Crippen LogP) is 3.13. The highest BCUT2D eigenvalue weighted by atomic mass is 16.5. The topological polar surface area (TPSA) is 47.3 Å². The molecule has 1 saturated carbocycles. The standard InChI is InChI=1S/C16H26N2O/c1-3-19-16-9-8-13(11-15(16)17)10-12(2)18-14-6-4-5-7-14/h8-9,11-12,14,18H,3-7,10,17H2,1-2H3. The molecule has 3 nitrogen and oxygen atoms in total. The van der Waals surface area contributed by atoms with Crippen molar-refractivity contribution >= 4 is 5.69 Å². The van der Waals surface area contributed by atoms with Crippen LogP contribution in [0.25, 0.3) is 0 Å². The molecule has 1 fully saturated rings. The van der Waals surface area contributed by atoms with Crippen molar-refractivity contribution < 1.29 is 4.74 Å². The van der Waals surface area contributed by atoms with Crippen molar-refractivity contribution in [2.45, 2.75) is 58.0 Å². The molecule has 1 aromatic rings. The van der Waals surface area contributed by atoms with Crippen LogP contribution in [0.1, 0.15) is 45.1 Å². The van der Waals surface area contributed by atoms with Gasteiger partial charge in [0.05, 0.1) is 12.3 Å². The summed E-state index contributed by atoms with van der Waals surface area (Å²) < 4.78 is 5.46. The molecule has 0 amide bonds. The number of rotatable bonds is 6. The molecule has 0 radical (unpaired) electrons. The van der Waals surface area contributed by atoms with Crippen molar-refractivity contribution in [3.8, 4) is 5.75 Å². The van der Waals surface area contributed by atoms with Crippen molar-refractivity contribution in [3.05, 3.63) is 23.8 Å². The Kier molecular flexibility index (Phi) is 5.08. The minimum Gasteiger partial charge on any atom is -0.492 e. The summed E-state index contributed by atoms with van der Waals surface area (Å²) in [6.07, 6.45) is 6.43. The van der Waals surface area contributed by atoms with Crippen LogP contribution in [-0.4, -0.2) is 18.7 Å². The van der Waals surface area contributed by atoms with E-state index in [1.54, 1.807) is 0 Å². The molecule has 0 heterocycles. The van der Waals surface area contributed by atoms with E-state index in [1.807, 2.05) is 19.1 Å². The molecule has 3 N–H and O–H groups in total. The van der Waals surface area contributed by atoms with Crippen molar-refractivity contribution in [1.29, 1.82) is 0 Å². The molecule has 1 aliphatic rings. The number of benzene rings is 1. The maximum atomic E-state index is 6.00. The van der Waals surface area contributed by atoms with Crippen molar-refractivity contribution in [2.24, 2.45) is 0 Å². The first-order chi connectivity index (χ1) is 9.19. The third-order valence-electron chi connectivity index (χ3n) is 3.79. The first-order valence-corrected chi connectivity index (χ1v) is 7.46. The smallest absolute Gasteiger partial charge is 0.142 e. The number of hydrogen-bond acceptors (Lipinski definition) is 3. The van der Waals surface area contributed by atoms with Gasteiger partial charge in [0.2, 0.25) is 0 Å². The highest BCUT2D eigenvalue weighted by Gasteiger charge is 2.17. The van der Waals surface area contributed by atoms with Crippen LogP contribution in [0.15, 0.2) is 18.2 Å². The molecule has 1 aliphatic carbocycles. The van der Waals surface area contributed by atoms with Crippen molar-refractivity contribution in [1.82, 2.24) is 5.32 Å². The van der Waals surface area contributed by atoms with Crippen LogP contribution in [0.2, 0.25) is 0 Å². The Balaban J connectivity index is 1.89. The molecule has 106 valence electrons. The summed E-state index contributed by atoms with van der Waals surface area (Å²) in [6, 6.07) is 7.36. The predicted molar refractivity (Wildman–Crippen MR) is 80.6 cm³/mol. The van der Waals surface area contributed by atoms with Crippen LogP contribution in [0.3, 0.4) is 0 Å². The molecule has 1 atom stereocenters. The minimum absolute atomic E-state index is 0.500. The number of nitrogens with one attached hydrogen (secondary N) is 1. The quantitative estimate of drug-likeness (QED) is 0.774. The molecule has 1 unspecified atom stereocenters. The van der Waals surface area contributed by atoms with Gasteiger partial charge in [0.25, 0.3) is 0 Å². The third kappa shape index (κ3) is 4.13. The van der Waals surface area contributed by atoms with Crippen LogP contribution in [0.4, 0.5) is 5.69 Å². The Bertz CT molecular complexity index is 400. The molecule has 0 spiro atoms. The highest BCUT2D eigenvalue weighted by Crippen LogP contribution is 2.23. The van der Waals surface area contributed by atoms with Gasteiger partial charge < -0.3 is 15.8 Å². The Morgan fingerprint density at radius 2 is 2.11 bits per heavy atom. The first kappa shape index (κ1) is 14.2. The molecule has 0 saturated heterocycles. The highest BCUT2D eigenvalue weighted by molar-refractivity contribution is 5.54. The zero-order chi connectivity index (χ0) is 13.7. The van der Waals surface area contributed by atoms with Crippen LogP contribution < -0.4 is 15.8 Å². The van der Waals surface area contributed by atoms with E-state index in [-0.39, 0.29) is 0 Å². The Morgan fingerprint density at radius 3 is 2.74 bits per heavy atom. The van der Waals surface area contributed by atoms with Crippen LogP contribution in [-0.2, 0) is 6.42 Å². The second-order valence-electron chi connectivity index (χ2n) is 5.56. The number of nitrogen functional groups attached to an aromatic ring is 1. The third-order valence-corrected chi connectivity index (χ3v) is 3.79. The average molecular weight is 262 g/mol. The zero-order valence-corrected chi connectivity index (χ0v) is 12.1. The lowest BCUT2D eigenvalue weighted by Gasteiger charge is -2.19. The van der Waals surface area contributed by atoms with Crippen LogP contribution in [0, 0.1) is 0 Å². The van der Waals surface area contributed by atoms with E-state index in [4.69, 9.17) is 10.5 Å². The lowest BCUT2D eigenvalue weighted by Crippen LogP contribution is -2.35. The molecular formula is C16H26N2O. The van der Waals surface area contributed by atoms with E-state index in [2.05, 4.69) is 18.3 Å². The van der Waals surface area contributed by atoms with E-state index in [9.17, 15) is 0 Å². The first-order valence-electron chi connectivity index (χ1n) is 7.46.